The van der Waals surface area contributed by atoms with E-state index in [1.807, 2.05) is 30.3 Å². The Morgan fingerprint density at radius 3 is 2.36 bits per heavy atom. The molecule has 1 aliphatic heterocycles. The first-order valence-corrected chi connectivity index (χ1v) is 8.20. The van der Waals surface area contributed by atoms with Gasteiger partial charge in [0.25, 0.3) is 0 Å². The molecule has 0 spiro atoms. The Balaban J connectivity index is 1.72. The van der Waals surface area contributed by atoms with Gasteiger partial charge in [0, 0.05) is 19.6 Å². The Hall–Kier alpha value is -2.09. The first-order valence-electron chi connectivity index (χ1n) is 8.20. The second-order valence-corrected chi connectivity index (χ2v) is 6.27. The summed E-state index contributed by atoms with van der Waals surface area (Å²) in [5.74, 6) is -2.03. The van der Waals surface area contributed by atoms with Crippen LogP contribution >= 0.6 is 0 Å². The standard InChI is InChI=1S/C17H22F3N3O2/c18-17(19,20)16(25)23-8-6-13(7-9-23)11-22-15(24)14(21)10-12-4-2-1-3-5-12/h1-5,13-14H,6-11,21H2,(H,22,24)/t14-/m0/s1. The normalized spacial score (nSPS) is 17.2. The number of nitrogens with two attached hydrogens (primary N) is 1. The van der Waals surface area contributed by atoms with Gasteiger partial charge in [-0.05, 0) is 30.7 Å². The molecule has 1 heterocycles. The number of likely N-dealkylation sites (tertiary alicyclic amines) is 1. The fourth-order valence-corrected chi connectivity index (χ4v) is 2.86. The number of halogens is 3. The lowest BCUT2D eigenvalue weighted by molar-refractivity contribution is -0.186. The van der Waals surface area contributed by atoms with Gasteiger partial charge in [0.1, 0.15) is 0 Å². The predicted octanol–water partition coefficient (Wildman–Crippen LogP) is 1.47. The van der Waals surface area contributed by atoms with E-state index < -0.39 is 18.1 Å². The van der Waals surface area contributed by atoms with E-state index in [-0.39, 0.29) is 24.9 Å². The van der Waals surface area contributed by atoms with Crippen molar-refractivity contribution in [3.63, 3.8) is 0 Å². The number of carbonyl (C=O) groups excluding carboxylic acids is 2. The van der Waals surface area contributed by atoms with Crippen LogP contribution in [0.15, 0.2) is 30.3 Å². The van der Waals surface area contributed by atoms with Crippen LogP contribution in [0.2, 0.25) is 0 Å². The van der Waals surface area contributed by atoms with Gasteiger partial charge in [0.15, 0.2) is 0 Å². The Labute approximate surface area is 144 Å². The van der Waals surface area contributed by atoms with Gasteiger partial charge in [-0.3, -0.25) is 9.59 Å². The monoisotopic (exact) mass is 357 g/mol. The molecule has 0 radical (unpaired) electrons. The number of benzene rings is 1. The van der Waals surface area contributed by atoms with Crippen molar-refractivity contribution >= 4 is 11.8 Å². The third-order valence-electron chi connectivity index (χ3n) is 4.34. The zero-order valence-electron chi connectivity index (χ0n) is 13.8. The van der Waals surface area contributed by atoms with E-state index in [9.17, 15) is 22.8 Å². The maximum absolute atomic E-state index is 12.4. The highest BCUT2D eigenvalue weighted by molar-refractivity contribution is 5.82. The minimum Gasteiger partial charge on any atom is -0.354 e. The summed E-state index contributed by atoms with van der Waals surface area (Å²) in [6.45, 7) is 0.458. The fraction of sp³-hybridized carbons (Fsp3) is 0.529. The van der Waals surface area contributed by atoms with Crippen LogP contribution in [0.3, 0.4) is 0 Å². The molecule has 3 N–H and O–H groups in total. The average molecular weight is 357 g/mol. The fourth-order valence-electron chi connectivity index (χ4n) is 2.86. The number of amides is 2. The summed E-state index contributed by atoms with van der Waals surface area (Å²) in [6.07, 6.45) is -3.55. The van der Waals surface area contributed by atoms with Crippen molar-refractivity contribution in [3.05, 3.63) is 35.9 Å². The summed E-state index contributed by atoms with van der Waals surface area (Å²) >= 11 is 0. The van der Waals surface area contributed by atoms with Crippen LogP contribution in [0.1, 0.15) is 18.4 Å². The molecule has 1 aromatic carbocycles. The molecule has 25 heavy (non-hydrogen) atoms. The van der Waals surface area contributed by atoms with Gasteiger partial charge in [0.2, 0.25) is 5.91 Å². The summed E-state index contributed by atoms with van der Waals surface area (Å²) in [5.41, 5.74) is 6.85. The minimum absolute atomic E-state index is 0.0464. The first-order chi connectivity index (χ1) is 11.8. The lowest BCUT2D eigenvalue weighted by Crippen LogP contribution is -2.48. The molecule has 0 saturated carbocycles. The molecule has 1 atom stereocenters. The van der Waals surface area contributed by atoms with E-state index in [0.717, 1.165) is 10.5 Å². The second-order valence-electron chi connectivity index (χ2n) is 6.27. The van der Waals surface area contributed by atoms with Crippen LogP contribution in [-0.2, 0) is 16.0 Å². The van der Waals surface area contributed by atoms with Crippen molar-refractivity contribution in [3.8, 4) is 0 Å². The Morgan fingerprint density at radius 1 is 1.20 bits per heavy atom. The highest BCUT2D eigenvalue weighted by Crippen LogP contribution is 2.23. The number of nitrogens with one attached hydrogen (secondary N) is 1. The zero-order valence-corrected chi connectivity index (χ0v) is 13.8. The van der Waals surface area contributed by atoms with Crippen LogP contribution in [-0.4, -0.2) is 48.6 Å². The SMILES string of the molecule is N[C@@H](Cc1ccccc1)C(=O)NCC1CCN(C(=O)C(F)(F)F)CC1. The van der Waals surface area contributed by atoms with Gasteiger partial charge in [-0.15, -0.1) is 0 Å². The predicted molar refractivity (Wildman–Crippen MR) is 86.5 cm³/mol. The lowest BCUT2D eigenvalue weighted by Gasteiger charge is -2.32. The molecule has 0 aliphatic carbocycles. The lowest BCUT2D eigenvalue weighted by atomic mass is 9.96. The van der Waals surface area contributed by atoms with E-state index in [4.69, 9.17) is 5.73 Å². The van der Waals surface area contributed by atoms with Gasteiger partial charge in [-0.25, -0.2) is 0 Å². The third kappa shape index (κ3) is 5.74. The van der Waals surface area contributed by atoms with E-state index in [2.05, 4.69) is 5.32 Å². The van der Waals surface area contributed by atoms with Crippen molar-refractivity contribution < 1.29 is 22.8 Å². The molecule has 5 nitrogen and oxygen atoms in total. The molecule has 8 heteroatoms. The number of rotatable bonds is 5. The van der Waals surface area contributed by atoms with E-state index in [1.165, 1.54) is 0 Å². The molecular weight excluding hydrogens is 335 g/mol. The molecule has 0 unspecified atom stereocenters. The molecule has 1 saturated heterocycles. The number of piperidine rings is 1. The second kappa shape index (κ2) is 8.33. The van der Waals surface area contributed by atoms with E-state index in [0.29, 0.717) is 25.8 Å². The summed E-state index contributed by atoms with van der Waals surface area (Å²) in [7, 11) is 0. The van der Waals surface area contributed by atoms with Crippen molar-refractivity contribution in [1.29, 1.82) is 0 Å². The molecule has 0 aromatic heterocycles. The van der Waals surface area contributed by atoms with Crippen LogP contribution in [0.4, 0.5) is 13.2 Å². The smallest absolute Gasteiger partial charge is 0.354 e. The number of carbonyl (C=O) groups is 2. The van der Waals surface area contributed by atoms with Crippen molar-refractivity contribution in [2.75, 3.05) is 19.6 Å². The molecular formula is C17H22F3N3O2. The Morgan fingerprint density at radius 2 is 1.80 bits per heavy atom. The summed E-state index contributed by atoms with van der Waals surface area (Å²) in [6, 6.07) is 8.73. The van der Waals surface area contributed by atoms with Crippen LogP contribution in [0.5, 0.6) is 0 Å². The number of nitrogens with zero attached hydrogens (tertiary/aromatic N) is 1. The average Bonchev–Trinajstić information content (AvgIpc) is 2.59. The molecule has 1 aromatic rings. The first kappa shape index (κ1) is 19.2. The number of hydrogen-bond acceptors (Lipinski definition) is 3. The summed E-state index contributed by atoms with van der Waals surface area (Å²) in [5, 5.41) is 2.76. The molecule has 138 valence electrons. The summed E-state index contributed by atoms with van der Waals surface area (Å²) in [4.78, 5) is 24.0. The van der Waals surface area contributed by atoms with Gasteiger partial charge in [0.05, 0.1) is 6.04 Å². The maximum atomic E-state index is 12.4. The quantitative estimate of drug-likeness (QED) is 0.838. The molecule has 2 rings (SSSR count). The molecule has 0 bridgehead atoms. The highest BCUT2D eigenvalue weighted by Gasteiger charge is 2.43. The number of alkyl halides is 3. The summed E-state index contributed by atoms with van der Waals surface area (Å²) < 4.78 is 37.2. The van der Waals surface area contributed by atoms with Gasteiger partial charge in [-0.2, -0.15) is 13.2 Å². The molecule has 2 amide bonds. The van der Waals surface area contributed by atoms with Gasteiger partial charge >= 0.3 is 12.1 Å². The topological polar surface area (TPSA) is 75.4 Å². The van der Waals surface area contributed by atoms with Crippen LogP contribution in [0.25, 0.3) is 0 Å². The minimum atomic E-state index is -4.83. The molecule has 1 fully saturated rings. The van der Waals surface area contributed by atoms with E-state index >= 15 is 0 Å². The van der Waals surface area contributed by atoms with Crippen molar-refractivity contribution in [1.82, 2.24) is 10.2 Å². The zero-order chi connectivity index (χ0) is 18.4. The highest BCUT2D eigenvalue weighted by atomic mass is 19.4. The Kier molecular flexibility index (Phi) is 6.41. The largest absolute Gasteiger partial charge is 0.471 e. The van der Waals surface area contributed by atoms with Gasteiger partial charge in [-0.1, -0.05) is 30.3 Å². The van der Waals surface area contributed by atoms with Crippen LogP contribution in [0, 0.1) is 5.92 Å². The van der Waals surface area contributed by atoms with Crippen molar-refractivity contribution in [2.45, 2.75) is 31.5 Å². The van der Waals surface area contributed by atoms with Crippen molar-refractivity contribution in [2.24, 2.45) is 11.7 Å². The van der Waals surface area contributed by atoms with Gasteiger partial charge < -0.3 is 16.0 Å². The third-order valence-corrected chi connectivity index (χ3v) is 4.34. The Bertz CT molecular complexity index is 585. The maximum Gasteiger partial charge on any atom is 0.471 e. The number of hydrogen-bond donors (Lipinski definition) is 2. The molecule has 1 aliphatic rings. The van der Waals surface area contributed by atoms with E-state index in [1.54, 1.807) is 0 Å². The van der Waals surface area contributed by atoms with Crippen LogP contribution < -0.4 is 11.1 Å².